The van der Waals surface area contributed by atoms with E-state index >= 15 is 0 Å². The third-order valence-corrected chi connectivity index (χ3v) is 14.1. The summed E-state index contributed by atoms with van der Waals surface area (Å²) in [7, 11) is -15.8. The Balaban J connectivity index is 1.66. The van der Waals surface area contributed by atoms with Crippen LogP contribution in [-0.4, -0.2) is 57.2 Å². The molecule has 0 aromatic carbocycles. The van der Waals surface area contributed by atoms with Crippen LogP contribution in [0.15, 0.2) is 0 Å². The van der Waals surface area contributed by atoms with Gasteiger partial charge in [-0.2, -0.15) is 0 Å². The fourth-order valence-corrected chi connectivity index (χ4v) is 11.7. The normalized spacial score (nSPS) is 41.3. The highest BCUT2D eigenvalue weighted by Crippen LogP contribution is 2.69. The third kappa shape index (κ3) is 7.83. The molecular weight excluding hydrogens is 637 g/mol. The molecule has 0 aromatic rings. The molecule has 0 saturated heterocycles. The molecule has 4 saturated carbocycles. The minimum Gasteiger partial charge on any atom is -0.726 e. The predicted molar refractivity (Wildman–Crippen MR) is 157 cm³/mol. The zero-order chi connectivity index (χ0) is 33.3. The van der Waals surface area contributed by atoms with Gasteiger partial charge in [-0.25, -0.2) is 25.3 Å². The topological polar surface area (TPSA) is 199 Å². The van der Waals surface area contributed by atoms with Crippen molar-refractivity contribution in [3.8, 4) is 0 Å². The molecule has 0 heterocycles. The Labute approximate surface area is 264 Å². The van der Waals surface area contributed by atoms with Gasteiger partial charge in [-0.05, 0) is 109 Å². The van der Waals surface area contributed by atoms with Crippen molar-refractivity contribution in [1.29, 1.82) is 0 Å². The molecule has 0 bridgehead atoms. The van der Waals surface area contributed by atoms with Gasteiger partial charge in [0.15, 0.2) is 0 Å². The Morgan fingerprint density at radius 2 is 1.23 bits per heavy atom. The molecular formula is C29H49O12S3-3. The lowest BCUT2D eigenvalue weighted by Crippen LogP contribution is -2.62. The van der Waals surface area contributed by atoms with Gasteiger partial charge in [0.25, 0.3) is 0 Å². The molecule has 4 aliphatic rings. The van der Waals surface area contributed by atoms with Crippen molar-refractivity contribution in [1.82, 2.24) is 0 Å². The van der Waals surface area contributed by atoms with Crippen LogP contribution in [0.25, 0.3) is 0 Å². The summed E-state index contributed by atoms with van der Waals surface area (Å²) in [6, 6.07) is 0. The summed E-state index contributed by atoms with van der Waals surface area (Å²) in [4.78, 5) is 0. The maximum Gasteiger partial charge on any atom is 0.217 e. The van der Waals surface area contributed by atoms with E-state index in [-0.39, 0.29) is 47.8 Å². The molecule has 0 aliphatic heterocycles. The number of fused-ring (bicyclic) bond motifs is 5. The molecule has 0 amide bonds. The first-order chi connectivity index (χ1) is 19.8. The minimum atomic E-state index is -5.35. The van der Waals surface area contributed by atoms with Crippen molar-refractivity contribution in [3.63, 3.8) is 0 Å². The second-order valence-electron chi connectivity index (χ2n) is 15.8. The van der Waals surface area contributed by atoms with Crippen LogP contribution < -0.4 is 0 Å². The molecule has 44 heavy (non-hydrogen) atoms. The number of hydrogen-bond acceptors (Lipinski definition) is 12. The van der Waals surface area contributed by atoms with Gasteiger partial charge >= 0.3 is 0 Å². The molecule has 0 spiro atoms. The van der Waals surface area contributed by atoms with E-state index in [2.05, 4.69) is 45.7 Å². The summed E-state index contributed by atoms with van der Waals surface area (Å²) in [5.74, 6) is 0.809. The first-order valence-electron chi connectivity index (χ1n) is 15.8. The summed E-state index contributed by atoms with van der Waals surface area (Å²) < 4.78 is 120. The van der Waals surface area contributed by atoms with E-state index in [9.17, 15) is 38.9 Å². The Morgan fingerprint density at radius 3 is 1.77 bits per heavy atom. The molecule has 0 aromatic heterocycles. The average molecular weight is 686 g/mol. The lowest BCUT2D eigenvalue weighted by molar-refractivity contribution is -0.184. The molecule has 258 valence electrons. The van der Waals surface area contributed by atoms with Crippen LogP contribution in [0.3, 0.4) is 0 Å². The van der Waals surface area contributed by atoms with Crippen LogP contribution in [0.4, 0.5) is 0 Å². The predicted octanol–water partition coefficient (Wildman–Crippen LogP) is 4.50. The second-order valence-corrected chi connectivity index (χ2v) is 18.9. The van der Waals surface area contributed by atoms with Crippen LogP contribution in [0, 0.1) is 57.7 Å². The third-order valence-electron chi connectivity index (χ3n) is 12.6. The first-order valence-corrected chi connectivity index (χ1v) is 19.8. The van der Waals surface area contributed by atoms with Crippen LogP contribution in [0.2, 0.25) is 0 Å². The lowest BCUT2D eigenvalue weighted by atomic mass is 9.43. The zero-order valence-electron chi connectivity index (χ0n) is 26.8. The van der Waals surface area contributed by atoms with Crippen LogP contribution in [0.1, 0.15) is 106 Å². The summed E-state index contributed by atoms with van der Waals surface area (Å²) in [5, 5.41) is 0. The van der Waals surface area contributed by atoms with E-state index in [1.807, 2.05) is 6.92 Å². The number of hydrogen-bond donors (Lipinski definition) is 0. The fourth-order valence-electron chi connectivity index (χ4n) is 10.1. The lowest BCUT2D eigenvalue weighted by Gasteiger charge is -2.63. The summed E-state index contributed by atoms with van der Waals surface area (Å²) in [6.45, 7) is 15.6. The van der Waals surface area contributed by atoms with Crippen molar-refractivity contribution in [2.24, 2.45) is 57.7 Å². The van der Waals surface area contributed by atoms with E-state index in [1.54, 1.807) is 0 Å². The van der Waals surface area contributed by atoms with E-state index < -0.39 is 60.8 Å². The Kier molecular flexibility index (Phi) is 10.1. The summed E-state index contributed by atoms with van der Waals surface area (Å²) >= 11 is 0. The monoisotopic (exact) mass is 685 g/mol. The van der Waals surface area contributed by atoms with Gasteiger partial charge < -0.3 is 13.7 Å². The fraction of sp³-hybridized carbons (Fsp3) is 1.00. The second kappa shape index (κ2) is 12.2. The van der Waals surface area contributed by atoms with Crippen molar-refractivity contribution in [3.05, 3.63) is 0 Å². The SMILES string of the molecule is CC(CCC(C)C(C)(C)C)C1CC[C@H]2[C@@H]3C[C@H](OS(=O)(=O)[O-])C4C[C@H](OS(=O)(=O)[O-])[C@@H](OS(=O)(=O)[O-])CC4(C)[C@H]3CCC12C. The molecule has 6 unspecified atom stereocenters. The van der Waals surface area contributed by atoms with Gasteiger partial charge in [-0.15, -0.1) is 0 Å². The van der Waals surface area contributed by atoms with Gasteiger partial charge in [-0.1, -0.05) is 54.9 Å². The van der Waals surface area contributed by atoms with Crippen molar-refractivity contribution < 1.29 is 51.5 Å². The smallest absolute Gasteiger partial charge is 0.217 e. The van der Waals surface area contributed by atoms with E-state index in [4.69, 9.17) is 8.37 Å². The summed E-state index contributed by atoms with van der Waals surface area (Å²) in [6.07, 6.45) is 1.15. The molecule has 4 rings (SSSR count). The molecule has 4 aliphatic carbocycles. The molecule has 15 heteroatoms. The van der Waals surface area contributed by atoms with Crippen LogP contribution >= 0.6 is 0 Å². The Bertz CT molecular complexity index is 1370. The van der Waals surface area contributed by atoms with Gasteiger partial charge in [0.2, 0.25) is 31.2 Å². The van der Waals surface area contributed by atoms with Gasteiger partial charge in [0.1, 0.15) is 12.2 Å². The van der Waals surface area contributed by atoms with Gasteiger partial charge in [0, 0.05) is 0 Å². The largest absolute Gasteiger partial charge is 0.726 e. The van der Waals surface area contributed by atoms with E-state index in [1.165, 1.54) is 0 Å². The van der Waals surface area contributed by atoms with E-state index in [0.717, 1.165) is 38.5 Å². The highest BCUT2D eigenvalue weighted by molar-refractivity contribution is 7.81. The maximum atomic E-state index is 11.9. The molecule has 4 fully saturated rings. The van der Waals surface area contributed by atoms with Crippen molar-refractivity contribution in [2.75, 3.05) is 0 Å². The maximum absolute atomic E-state index is 11.9. The number of rotatable bonds is 10. The van der Waals surface area contributed by atoms with Crippen LogP contribution in [-0.2, 0) is 43.7 Å². The average Bonchev–Trinajstić information content (AvgIpc) is 3.17. The van der Waals surface area contributed by atoms with Crippen molar-refractivity contribution >= 4 is 31.2 Å². The van der Waals surface area contributed by atoms with Gasteiger partial charge in [0.05, 0.1) is 6.10 Å². The Hall–Kier alpha value is -0.390. The molecule has 0 radical (unpaired) electrons. The molecule has 12 nitrogen and oxygen atoms in total. The molecule has 0 N–H and O–H groups in total. The quantitative estimate of drug-likeness (QED) is 0.231. The summed E-state index contributed by atoms with van der Waals surface area (Å²) in [5.41, 5.74) is -0.700. The molecule has 12 atom stereocenters. The standard InChI is InChI=1S/C29H52O12S3/c1-17(8-9-18(2)27(3,4)5)20-10-11-21-19-14-24(39-42(30,31)32)23-15-25(40-43(33,34)35)26(41-44(36,37)38)16-29(23,7)22(19)12-13-28(20,21)6/h17-26H,8-16H2,1-7H3,(H,30,31,32)(H,33,34,35)(H,36,37,38)/p-3/t17?,18?,19-,20?,21-,22-,23?,24-,25-,26-,28?,29?/m0/s1. The van der Waals surface area contributed by atoms with Gasteiger partial charge in [-0.3, -0.25) is 12.5 Å². The highest BCUT2D eigenvalue weighted by Gasteiger charge is 2.64. The first kappa shape index (κ1) is 36.4. The minimum absolute atomic E-state index is 0.0269. The van der Waals surface area contributed by atoms with Crippen LogP contribution in [0.5, 0.6) is 0 Å². The van der Waals surface area contributed by atoms with E-state index in [0.29, 0.717) is 17.8 Å². The van der Waals surface area contributed by atoms with Crippen molar-refractivity contribution in [2.45, 2.75) is 125 Å². The highest BCUT2D eigenvalue weighted by atomic mass is 32.3. The Morgan fingerprint density at radius 1 is 0.705 bits per heavy atom. The zero-order valence-corrected chi connectivity index (χ0v) is 29.2.